The smallest absolute Gasteiger partial charge is 0.268 e. The molecule has 2 heterocycles. The number of rotatable bonds is 5. The molecule has 7 heteroatoms. The number of ether oxygens (including phenoxy) is 1. The molecular weight excluding hydrogens is 326 g/mol. The summed E-state index contributed by atoms with van der Waals surface area (Å²) in [6.45, 7) is 4.13. The van der Waals surface area contributed by atoms with Crippen LogP contribution in [0, 0.1) is 6.92 Å². The molecule has 2 aromatic rings. The maximum absolute atomic E-state index is 12.3. The Balaban J connectivity index is 1.60. The van der Waals surface area contributed by atoms with Crippen LogP contribution in [-0.4, -0.2) is 36.0 Å². The second-order valence-electron chi connectivity index (χ2n) is 5.61. The lowest BCUT2D eigenvalue weighted by Crippen LogP contribution is -2.49. The molecular formula is C17H19N3O3S. The van der Waals surface area contributed by atoms with E-state index in [4.69, 9.17) is 4.74 Å². The zero-order valence-electron chi connectivity index (χ0n) is 13.6. The summed E-state index contributed by atoms with van der Waals surface area (Å²) in [5.41, 5.74) is 1.60. The fraction of sp³-hybridized carbons (Fsp3) is 0.353. The molecule has 0 bridgehead atoms. The number of benzene rings is 1. The molecule has 6 nitrogen and oxygen atoms in total. The van der Waals surface area contributed by atoms with Gasteiger partial charge in [0.2, 0.25) is 5.91 Å². The molecule has 1 aromatic heterocycles. The fourth-order valence-electron chi connectivity index (χ4n) is 2.57. The lowest BCUT2D eigenvalue weighted by atomic mass is 10.2. The molecule has 3 rings (SSSR count). The number of carbonyl (C=O) groups excluding carboxylic acids is 2. The highest BCUT2D eigenvalue weighted by Crippen LogP contribution is 2.33. The summed E-state index contributed by atoms with van der Waals surface area (Å²) >= 11 is 1.59. The fourth-order valence-corrected chi connectivity index (χ4v) is 3.22. The van der Waals surface area contributed by atoms with Crippen molar-refractivity contribution >= 4 is 28.8 Å². The Morgan fingerprint density at radius 1 is 1.42 bits per heavy atom. The zero-order chi connectivity index (χ0) is 17.1. The lowest BCUT2D eigenvalue weighted by Gasteiger charge is -2.32. The van der Waals surface area contributed by atoms with E-state index in [0.717, 1.165) is 10.7 Å². The number of nitrogens with zero attached hydrogens (tertiary/aromatic N) is 2. The molecule has 0 fully saturated rings. The van der Waals surface area contributed by atoms with Gasteiger partial charge in [0.05, 0.1) is 16.4 Å². The van der Waals surface area contributed by atoms with E-state index in [9.17, 15) is 9.59 Å². The van der Waals surface area contributed by atoms with Gasteiger partial charge in [-0.1, -0.05) is 12.1 Å². The zero-order valence-corrected chi connectivity index (χ0v) is 14.4. The highest BCUT2D eigenvalue weighted by Gasteiger charge is 2.32. The molecule has 0 saturated heterocycles. The van der Waals surface area contributed by atoms with Crippen molar-refractivity contribution in [1.29, 1.82) is 0 Å². The minimum Gasteiger partial charge on any atom is -0.479 e. The number of thiazole rings is 1. The van der Waals surface area contributed by atoms with E-state index in [-0.39, 0.29) is 18.4 Å². The van der Waals surface area contributed by atoms with Gasteiger partial charge in [0.25, 0.3) is 5.91 Å². The predicted molar refractivity (Wildman–Crippen MR) is 92.4 cm³/mol. The molecule has 1 aliphatic rings. The summed E-state index contributed by atoms with van der Waals surface area (Å²) in [5, 5.41) is 5.85. The molecule has 0 aliphatic carbocycles. The van der Waals surface area contributed by atoms with Crippen LogP contribution in [0.4, 0.5) is 5.69 Å². The molecule has 0 unspecified atom stereocenters. The monoisotopic (exact) mass is 345 g/mol. The number of para-hydroxylation sites is 2. The van der Waals surface area contributed by atoms with E-state index in [0.29, 0.717) is 24.4 Å². The standard InChI is InChI=1S/C17H19N3O3S/c1-11-17(22)20(14-5-3-4-6-15(14)23-11)9-16(21)18-8-7-13-10-24-12(2)19-13/h3-6,10-11H,7-9H2,1-2H3,(H,18,21)/t11-/m1/s1. The minimum atomic E-state index is -0.592. The van der Waals surface area contributed by atoms with Gasteiger partial charge < -0.3 is 10.1 Å². The summed E-state index contributed by atoms with van der Waals surface area (Å²) in [7, 11) is 0. The van der Waals surface area contributed by atoms with E-state index in [1.807, 2.05) is 24.4 Å². The normalized spacial score (nSPS) is 16.5. The van der Waals surface area contributed by atoms with Gasteiger partial charge in [0.1, 0.15) is 12.3 Å². The molecule has 24 heavy (non-hydrogen) atoms. The van der Waals surface area contributed by atoms with Crippen LogP contribution in [0.2, 0.25) is 0 Å². The van der Waals surface area contributed by atoms with Gasteiger partial charge in [-0.15, -0.1) is 11.3 Å². The van der Waals surface area contributed by atoms with E-state index in [2.05, 4.69) is 10.3 Å². The topological polar surface area (TPSA) is 71.5 Å². The van der Waals surface area contributed by atoms with Crippen LogP contribution in [-0.2, 0) is 16.0 Å². The largest absolute Gasteiger partial charge is 0.479 e. The first-order chi connectivity index (χ1) is 11.5. The van der Waals surface area contributed by atoms with Gasteiger partial charge in [-0.2, -0.15) is 0 Å². The number of fused-ring (bicyclic) bond motifs is 1. The van der Waals surface area contributed by atoms with Gasteiger partial charge >= 0.3 is 0 Å². The third-order valence-electron chi connectivity index (χ3n) is 3.75. The highest BCUT2D eigenvalue weighted by molar-refractivity contribution is 7.09. The Morgan fingerprint density at radius 2 is 2.21 bits per heavy atom. The van der Waals surface area contributed by atoms with Crippen LogP contribution >= 0.6 is 11.3 Å². The SMILES string of the molecule is Cc1nc(CCNC(=O)CN2C(=O)[C@@H](C)Oc3ccccc32)cs1. The first-order valence-electron chi connectivity index (χ1n) is 7.79. The van der Waals surface area contributed by atoms with Gasteiger partial charge in [0, 0.05) is 18.3 Å². The molecule has 0 saturated carbocycles. The van der Waals surface area contributed by atoms with Crippen LogP contribution < -0.4 is 15.0 Å². The number of nitrogens with one attached hydrogen (secondary N) is 1. The summed E-state index contributed by atoms with van der Waals surface area (Å²) in [6, 6.07) is 7.24. The number of carbonyl (C=O) groups is 2. The lowest BCUT2D eigenvalue weighted by molar-refractivity contribution is -0.128. The molecule has 1 aliphatic heterocycles. The maximum Gasteiger partial charge on any atom is 0.268 e. The van der Waals surface area contributed by atoms with Crippen molar-refractivity contribution in [2.45, 2.75) is 26.4 Å². The van der Waals surface area contributed by atoms with Crippen molar-refractivity contribution in [3.8, 4) is 5.75 Å². The Hall–Kier alpha value is -2.41. The summed E-state index contributed by atoms with van der Waals surface area (Å²) in [5.74, 6) is 0.216. The number of hydrogen-bond donors (Lipinski definition) is 1. The Labute approximate surface area is 144 Å². The third kappa shape index (κ3) is 3.56. The number of aryl methyl sites for hydroxylation is 1. The highest BCUT2D eigenvalue weighted by atomic mass is 32.1. The second-order valence-corrected chi connectivity index (χ2v) is 6.67. The van der Waals surface area contributed by atoms with Crippen LogP contribution in [0.15, 0.2) is 29.6 Å². The quantitative estimate of drug-likeness (QED) is 0.899. The molecule has 1 N–H and O–H groups in total. The number of anilines is 1. The predicted octanol–water partition coefficient (Wildman–Crippen LogP) is 1.92. The third-order valence-corrected chi connectivity index (χ3v) is 4.57. The first-order valence-corrected chi connectivity index (χ1v) is 8.67. The molecule has 0 radical (unpaired) electrons. The number of amides is 2. The van der Waals surface area contributed by atoms with Gasteiger partial charge in [0.15, 0.2) is 6.10 Å². The molecule has 1 atom stereocenters. The molecule has 2 amide bonds. The van der Waals surface area contributed by atoms with Gasteiger partial charge in [-0.25, -0.2) is 4.98 Å². The molecule has 1 aromatic carbocycles. The van der Waals surface area contributed by atoms with Crippen molar-refractivity contribution in [2.75, 3.05) is 18.0 Å². The van der Waals surface area contributed by atoms with E-state index < -0.39 is 6.10 Å². The van der Waals surface area contributed by atoms with Gasteiger partial charge in [-0.05, 0) is 26.0 Å². The Morgan fingerprint density at radius 3 is 2.96 bits per heavy atom. The van der Waals surface area contributed by atoms with Crippen molar-refractivity contribution in [3.05, 3.63) is 40.3 Å². The summed E-state index contributed by atoms with van der Waals surface area (Å²) in [6.07, 6.45) is 0.0887. The maximum atomic E-state index is 12.3. The van der Waals surface area contributed by atoms with Crippen molar-refractivity contribution in [3.63, 3.8) is 0 Å². The Bertz CT molecular complexity index is 759. The number of hydrogen-bond acceptors (Lipinski definition) is 5. The van der Waals surface area contributed by atoms with Gasteiger partial charge in [-0.3, -0.25) is 14.5 Å². The summed E-state index contributed by atoms with van der Waals surface area (Å²) in [4.78, 5) is 30.4. The first kappa shape index (κ1) is 16.4. The number of aromatic nitrogens is 1. The summed E-state index contributed by atoms with van der Waals surface area (Å²) < 4.78 is 5.57. The van der Waals surface area contributed by atoms with Crippen molar-refractivity contribution in [1.82, 2.24) is 10.3 Å². The van der Waals surface area contributed by atoms with E-state index >= 15 is 0 Å². The van der Waals surface area contributed by atoms with E-state index in [1.165, 1.54) is 4.90 Å². The average Bonchev–Trinajstić information content (AvgIpc) is 2.97. The van der Waals surface area contributed by atoms with Crippen LogP contribution in [0.25, 0.3) is 0 Å². The van der Waals surface area contributed by atoms with E-state index in [1.54, 1.807) is 30.4 Å². The van der Waals surface area contributed by atoms with Crippen molar-refractivity contribution < 1.29 is 14.3 Å². The van der Waals surface area contributed by atoms with Crippen LogP contribution in [0.3, 0.4) is 0 Å². The average molecular weight is 345 g/mol. The van der Waals surface area contributed by atoms with Crippen LogP contribution in [0.1, 0.15) is 17.6 Å². The second kappa shape index (κ2) is 7.00. The molecule has 0 spiro atoms. The minimum absolute atomic E-state index is 0.0142. The van der Waals surface area contributed by atoms with Crippen LogP contribution in [0.5, 0.6) is 5.75 Å². The Kier molecular flexibility index (Phi) is 4.80. The molecule has 126 valence electrons. The van der Waals surface area contributed by atoms with Crippen molar-refractivity contribution in [2.24, 2.45) is 0 Å².